The minimum Gasteiger partial charge on any atom is -0.346 e. The number of nitrogens with zero attached hydrogens (tertiary/aromatic N) is 1. The lowest BCUT2D eigenvalue weighted by Gasteiger charge is -2.02. The van der Waals surface area contributed by atoms with Crippen molar-refractivity contribution in [2.45, 2.75) is 6.92 Å². The molecule has 2 rings (SSSR count). The van der Waals surface area contributed by atoms with Gasteiger partial charge >= 0.3 is 0 Å². The van der Waals surface area contributed by atoms with Gasteiger partial charge in [-0.1, -0.05) is 24.4 Å². The largest absolute Gasteiger partial charge is 0.346 e. The van der Waals surface area contributed by atoms with E-state index in [1.54, 1.807) is 19.1 Å². The van der Waals surface area contributed by atoms with E-state index >= 15 is 0 Å². The van der Waals surface area contributed by atoms with Crippen molar-refractivity contribution in [3.05, 3.63) is 46.6 Å². The van der Waals surface area contributed by atoms with E-state index in [2.05, 4.69) is 9.97 Å². The quantitative estimate of drug-likeness (QED) is 0.747. The highest BCUT2D eigenvalue weighted by molar-refractivity contribution is 7.71. The molecule has 2 nitrogen and oxygen atoms in total. The molecule has 0 unspecified atom stereocenters. The first-order valence-electron chi connectivity index (χ1n) is 4.48. The normalized spacial score (nSPS) is 10.3. The molecule has 1 aromatic heterocycles. The third kappa shape index (κ3) is 2.10. The molecule has 2 aromatic rings. The van der Waals surface area contributed by atoms with Crippen LogP contribution < -0.4 is 0 Å². The van der Waals surface area contributed by atoms with Gasteiger partial charge in [-0.05, 0) is 24.6 Å². The Bertz CT molecular complexity index is 548. The Labute approximate surface area is 91.8 Å². The Morgan fingerprint density at radius 1 is 1.33 bits per heavy atom. The summed E-state index contributed by atoms with van der Waals surface area (Å²) in [6.07, 6.45) is 1.51. The zero-order chi connectivity index (χ0) is 10.8. The van der Waals surface area contributed by atoms with Crippen molar-refractivity contribution < 1.29 is 4.39 Å². The van der Waals surface area contributed by atoms with Gasteiger partial charge in [-0.2, -0.15) is 0 Å². The predicted molar refractivity (Wildman–Crippen MR) is 59.6 cm³/mol. The second-order valence-corrected chi connectivity index (χ2v) is 3.68. The number of aryl methyl sites for hydroxylation is 1. The topological polar surface area (TPSA) is 28.7 Å². The molecule has 1 N–H and O–H groups in total. The molecule has 0 aliphatic carbocycles. The van der Waals surface area contributed by atoms with Crippen LogP contribution >= 0.6 is 12.2 Å². The van der Waals surface area contributed by atoms with Gasteiger partial charge in [0.05, 0.1) is 6.33 Å². The van der Waals surface area contributed by atoms with E-state index in [-0.39, 0.29) is 5.82 Å². The fourth-order valence-electron chi connectivity index (χ4n) is 1.29. The second kappa shape index (κ2) is 3.90. The maximum atomic E-state index is 13.3. The minimum absolute atomic E-state index is 0.219. The van der Waals surface area contributed by atoms with Crippen molar-refractivity contribution in [1.82, 2.24) is 9.97 Å². The van der Waals surface area contributed by atoms with Crippen molar-refractivity contribution in [2.24, 2.45) is 0 Å². The van der Waals surface area contributed by atoms with Crippen LogP contribution in [-0.2, 0) is 0 Å². The first kappa shape index (κ1) is 9.98. The number of hydrogen-bond donors (Lipinski definition) is 1. The van der Waals surface area contributed by atoms with Gasteiger partial charge in [0.25, 0.3) is 0 Å². The number of benzene rings is 1. The molecule has 0 bridgehead atoms. The Morgan fingerprint density at radius 2 is 2.13 bits per heavy atom. The van der Waals surface area contributed by atoms with Crippen molar-refractivity contribution in [3.8, 4) is 11.3 Å². The van der Waals surface area contributed by atoms with Crippen LogP contribution in [0.3, 0.4) is 0 Å². The summed E-state index contributed by atoms with van der Waals surface area (Å²) < 4.78 is 13.8. The molecule has 0 atom stereocenters. The lowest BCUT2D eigenvalue weighted by Crippen LogP contribution is -1.88. The highest BCUT2D eigenvalue weighted by Crippen LogP contribution is 2.19. The van der Waals surface area contributed by atoms with Gasteiger partial charge in [0.15, 0.2) is 0 Å². The van der Waals surface area contributed by atoms with E-state index in [9.17, 15) is 4.39 Å². The molecule has 4 heteroatoms. The number of hydrogen-bond acceptors (Lipinski definition) is 2. The molecule has 0 aliphatic rings. The number of aromatic amines is 1. The summed E-state index contributed by atoms with van der Waals surface area (Å²) in [4.78, 5) is 6.80. The minimum atomic E-state index is -0.219. The van der Waals surface area contributed by atoms with Gasteiger partial charge < -0.3 is 4.98 Å². The molecule has 1 aromatic carbocycles. The third-order valence-electron chi connectivity index (χ3n) is 2.16. The van der Waals surface area contributed by atoms with Crippen LogP contribution in [0, 0.1) is 17.4 Å². The number of halogens is 1. The van der Waals surface area contributed by atoms with E-state index in [4.69, 9.17) is 12.2 Å². The second-order valence-electron chi connectivity index (χ2n) is 3.26. The number of nitrogens with one attached hydrogen (secondary N) is 1. The first-order valence-corrected chi connectivity index (χ1v) is 4.89. The monoisotopic (exact) mass is 220 g/mol. The Morgan fingerprint density at radius 3 is 2.80 bits per heavy atom. The van der Waals surface area contributed by atoms with Crippen LogP contribution in [0.15, 0.2) is 30.6 Å². The van der Waals surface area contributed by atoms with Gasteiger partial charge in [0, 0.05) is 11.3 Å². The summed E-state index contributed by atoms with van der Waals surface area (Å²) in [6.45, 7) is 1.73. The van der Waals surface area contributed by atoms with Crippen LogP contribution in [-0.4, -0.2) is 9.97 Å². The number of H-pyrrole nitrogens is 1. The van der Waals surface area contributed by atoms with E-state index in [1.807, 2.05) is 6.07 Å². The zero-order valence-electron chi connectivity index (χ0n) is 8.12. The molecule has 76 valence electrons. The van der Waals surface area contributed by atoms with Crippen molar-refractivity contribution >= 4 is 12.2 Å². The molecule has 0 saturated heterocycles. The van der Waals surface area contributed by atoms with E-state index in [0.29, 0.717) is 10.2 Å². The highest BCUT2D eigenvalue weighted by Gasteiger charge is 2.01. The van der Waals surface area contributed by atoms with Crippen LogP contribution in [0.5, 0.6) is 0 Å². The maximum absolute atomic E-state index is 13.3. The lowest BCUT2D eigenvalue weighted by atomic mass is 10.1. The molecule has 1 heterocycles. The molecular weight excluding hydrogens is 211 g/mol. The van der Waals surface area contributed by atoms with Crippen molar-refractivity contribution in [1.29, 1.82) is 0 Å². The lowest BCUT2D eigenvalue weighted by molar-refractivity contribution is 0.619. The van der Waals surface area contributed by atoms with Crippen LogP contribution in [0.2, 0.25) is 0 Å². The summed E-state index contributed by atoms with van der Waals surface area (Å²) in [7, 11) is 0. The molecular formula is C11H9FN2S. The SMILES string of the molecule is Cc1ccc(-c2cc(=S)nc[nH]2)cc1F. The van der Waals surface area contributed by atoms with Crippen LogP contribution in [0.4, 0.5) is 4.39 Å². The maximum Gasteiger partial charge on any atom is 0.130 e. The Hall–Kier alpha value is -1.55. The molecule has 0 spiro atoms. The Balaban J connectivity index is 2.55. The van der Waals surface area contributed by atoms with Crippen molar-refractivity contribution in [2.75, 3.05) is 0 Å². The van der Waals surface area contributed by atoms with Crippen LogP contribution in [0.25, 0.3) is 11.3 Å². The first-order chi connectivity index (χ1) is 7.16. The summed E-state index contributed by atoms with van der Waals surface area (Å²) in [5.74, 6) is -0.219. The average Bonchev–Trinajstić information content (AvgIpc) is 2.22. The zero-order valence-corrected chi connectivity index (χ0v) is 8.94. The van der Waals surface area contributed by atoms with E-state index < -0.39 is 0 Å². The number of rotatable bonds is 1. The molecule has 15 heavy (non-hydrogen) atoms. The molecule has 0 aliphatic heterocycles. The molecule has 0 radical (unpaired) electrons. The summed E-state index contributed by atoms with van der Waals surface area (Å²) in [6, 6.07) is 6.77. The molecule has 0 fully saturated rings. The van der Waals surface area contributed by atoms with E-state index in [1.165, 1.54) is 12.4 Å². The smallest absolute Gasteiger partial charge is 0.130 e. The third-order valence-corrected chi connectivity index (χ3v) is 2.39. The molecule has 0 saturated carbocycles. The fourth-order valence-corrected chi connectivity index (χ4v) is 1.47. The van der Waals surface area contributed by atoms with Gasteiger partial charge in [0.2, 0.25) is 0 Å². The van der Waals surface area contributed by atoms with Gasteiger partial charge in [-0.3, -0.25) is 0 Å². The van der Waals surface area contributed by atoms with Crippen molar-refractivity contribution in [3.63, 3.8) is 0 Å². The van der Waals surface area contributed by atoms with Gasteiger partial charge in [-0.25, -0.2) is 9.37 Å². The van der Waals surface area contributed by atoms with E-state index in [0.717, 1.165) is 11.3 Å². The van der Waals surface area contributed by atoms with Gasteiger partial charge in [-0.15, -0.1) is 0 Å². The average molecular weight is 220 g/mol. The Kier molecular flexibility index (Phi) is 2.60. The number of aromatic nitrogens is 2. The fraction of sp³-hybridized carbons (Fsp3) is 0.0909. The predicted octanol–water partition coefficient (Wildman–Crippen LogP) is 3.25. The standard InChI is InChI=1S/C11H9FN2S/c1-7-2-3-8(4-9(7)12)10-5-11(15)14-6-13-10/h2-6H,1H3,(H,13,14,15). The summed E-state index contributed by atoms with van der Waals surface area (Å²) in [5, 5.41) is 0. The summed E-state index contributed by atoms with van der Waals surface area (Å²) >= 11 is 4.93. The molecule has 0 amide bonds. The van der Waals surface area contributed by atoms with Gasteiger partial charge in [0.1, 0.15) is 10.5 Å². The highest BCUT2D eigenvalue weighted by atomic mass is 32.1. The van der Waals surface area contributed by atoms with Crippen LogP contribution in [0.1, 0.15) is 5.56 Å². The summed E-state index contributed by atoms with van der Waals surface area (Å²) in [5.41, 5.74) is 2.17.